The molecule has 0 unspecified atom stereocenters. The fraction of sp³-hybridized carbons (Fsp3) is 0.583. The zero-order valence-corrected chi connectivity index (χ0v) is 11.8. The van der Waals surface area contributed by atoms with Crippen LogP contribution in [0.4, 0.5) is 11.5 Å². The molecule has 0 aromatic carbocycles. The summed E-state index contributed by atoms with van der Waals surface area (Å²) in [6, 6.07) is 0.0997. The van der Waals surface area contributed by atoms with E-state index < -0.39 is 0 Å². The number of nitrogens with zero attached hydrogens (tertiary/aromatic N) is 3. The van der Waals surface area contributed by atoms with Gasteiger partial charge in [0.25, 0.3) is 0 Å². The van der Waals surface area contributed by atoms with Crippen LogP contribution < -0.4 is 20.7 Å². The lowest BCUT2D eigenvalue weighted by Gasteiger charge is -2.20. The number of nitrogens with two attached hydrogens (primary N) is 1. The van der Waals surface area contributed by atoms with Gasteiger partial charge in [-0.3, -0.25) is 4.79 Å². The second-order valence-corrected chi connectivity index (χ2v) is 4.43. The van der Waals surface area contributed by atoms with E-state index in [2.05, 4.69) is 15.3 Å². The Morgan fingerprint density at radius 2 is 2.21 bits per heavy atom. The van der Waals surface area contributed by atoms with E-state index in [-0.39, 0.29) is 18.5 Å². The van der Waals surface area contributed by atoms with Crippen LogP contribution in [0.25, 0.3) is 0 Å². The topological polar surface area (TPSA) is 93.4 Å². The van der Waals surface area contributed by atoms with Crippen LogP contribution in [0.5, 0.6) is 5.88 Å². The van der Waals surface area contributed by atoms with Crippen LogP contribution in [0.15, 0.2) is 6.33 Å². The Kier molecular flexibility index (Phi) is 5.35. The van der Waals surface area contributed by atoms with Crippen molar-refractivity contribution in [1.82, 2.24) is 15.3 Å². The molecule has 1 heterocycles. The number of carbonyl (C=O) groups is 1. The summed E-state index contributed by atoms with van der Waals surface area (Å²) in [5, 5.41) is 2.81. The zero-order valence-electron chi connectivity index (χ0n) is 11.8. The summed E-state index contributed by atoms with van der Waals surface area (Å²) in [6.07, 6.45) is 1.37. The molecule has 0 bridgehead atoms. The summed E-state index contributed by atoms with van der Waals surface area (Å²) in [5.74, 6) is 0.731. The standard InChI is InChI=1S/C12H21N5O2/c1-5-19-12-10(13)11(14-7-15-12)17(4)6-9(18)16-8(2)3/h7-8H,5-6,13H2,1-4H3,(H,16,18). The molecule has 0 fully saturated rings. The second kappa shape index (κ2) is 6.77. The van der Waals surface area contributed by atoms with E-state index in [1.165, 1.54) is 6.33 Å². The first-order chi connectivity index (χ1) is 8.95. The highest BCUT2D eigenvalue weighted by atomic mass is 16.5. The molecule has 0 radical (unpaired) electrons. The van der Waals surface area contributed by atoms with E-state index in [4.69, 9.17) is 10.5 Å². The second-order valence-electron chi connectivity index (χ2n) is 4.43. The number of nitrogen functional groups attached to an aromatic ring is 1. The van der Waals surface area contributed by atoms with Crippen molar-refractivity contribution in [2.24, 2.45) is 0 Å². The molecule has 1 aromatic heterocycles. The number of carbonyl (C=O) groups excluding carboxylic acids is 1. The largest absolute Gasteiger partial charge is 0.476 e. The zero-order chi connectivity index (χ0) is 14.4. The first-order valence-corrected chi connectivity index (χ1v) is 6.19. The number of hydrogen-bond acceptors (Lipinski definition) is 6. The Bertz CT molecular complexity index is 436. The number of aromatic nitrogens is 2. The maximum atomic E-state index is 11.7. The molecule has 1 rings (SSSR count). The number of nitrogens with one attached hydrogen (secondary N) is 1. The van der Waals surface area contributed by atoms with Gasteiger partial charge in [0, 0.05) is 13.1 Å². The molecule has 1 aromatic rings. The van der Waals surface area contributed by atoms with Crippen molar-refractivity contribution in [3.63, 3.8) is 0 Å². The Morgan fingerprint density at radius 3 is 2.79 bits per heavy atom. The van der Waals surface area contributed by atoms with Crippen LogP contribution in [0, 0.1) is 0 Å². The summed E-state index contributed by atoms with van der Waals surface area (Å²) in [4.78, 5) is 21.4. The van der Waals surface area contributed by atoms with E-state index in [9.17, 15) is 4.79 Å². The smallest absolute Gasteiger partial charge is 0.242 e. The molecular formula is C12H21N5O2. The summed E-state index contributed by atoms with van der Waals surface area (Å²) in [6.45, 7) is 6.30. The summed E-state index contributed by atoms with van der Waals surface area (Å²) in [7, 11) is 1.74. The molecule has 0 saturated carbocycles. The highest BCUT2D eigenvalue weighted by molar-refractivity contribution is 5.82. The minimum absolute atomic E-state index is 0.0894. The van der Waals surface area contributed by atoms with Gasteiger partial charge in [-0.2, -0.15) is 4.98 Å². The maximum Gasteiger partial charge on any atom is 0.242 e. The minimum atomic E-state index is -0.0894. The van der Waals surface area contributed by atoms with E-state index in [0.717, 1.165) is 0 Å². The number of hydrogen-bond donors (Lipinski definition) is 2. The van der Waals surface area contributed by atoms with E-state index in [1.807, 2.05) is 20.8 Å². The summed E-state index contributed by atoms with van der Waals surface area (Å²) in [5.41, 5.74) is 6.26. The first-order valence-electron chi connectivity index (χ1n) is 6.19. The van der Waals surface area contributed by atoms with Gasteiger partial charge in [-0.15, -0.1) is 0 Å². The average molecular weight is 267 g/mol. The number of likely N-dealkylation sites (N-methyl/N-ethyl adjacent to an activating group) is 1. The van der Waals surface area contributed by atoms with Gasteiger partial charge in [0.15, 0.2) is 5.82 Å². The van der Waals surface area contributed by atoms with E-state index in [1.54, 1.807) is 11.9 Å². The van der Waals surface area contributed by atoms with Crippen LogP contribution in [-0.4, -0.2) is 42.1 Å². The van der Waals surface area contributed by atoms with Crippen molar-refractivity contribution in [3.8, 4) is 5.88 Å². The number of anilines is 2. The number of rotatable bonds is 6. The van der Waals surface area contributed by atoms with Gasteiger partial charge in [0.05, 0.1) is 13.2 Å². The quantitative estimate of drug-likeness (QED) is 0.776. The lowest BCUT2D eigenvalue weighted by atomic mass is 10.3. The molecular weight excluding hydrogens is 246 g/mol. The molecule has 0 atom stereocenters. The van der Waals surface area contributed by atoms with Crippen molar-refractivity contribution < 1.29 is 9.53 Å². The highest BCUT2D eigenvalue weighted by Crippen LogP contribution is 2.26. The molecule has 7 nitrogen and oxygen atoms in total. The Balaban J connectivity index is 2.79. The van der Waals surface area contributed by atoms with Crippen LogP contribution >= 0.6 is 0 Å². The van der Waals surface area contributed by atoms with Gasteiger partial charge >= 0.3 is 0 Å². The third-order valence-electron chi connectivity index (χ3n) is 2.30. The predicted octanol–water partition coefficient (Wildman–Crippen LogP) is 0.418. The van der Waals surface area contributed by atoms with Crippen LogP contribution in [-0.2, 0) is 4.79 Å². The summed E-state index contributed by atoms with van der Waals surface area (Å²) < 4.78 is 5.29. The van der Waals surface area contributed by atoms with Crippen LogP contribution in [0.3, 0.4) is 0 Å². The van der Waals surface area contributed by atoms with Crippen molar-refractivity contribution in [2.75, 3.05) is 30.8 Å². The molecule has 0 aliphatic heterocycles. The molecule has 3 N–H and O–H groups in total. The van der Waals surface area contributed by atoms with Crippen LogP contribution in [0.1, 0.15) is 20.8 Å². The van der Waals surface area contributed by atoms with Gasteiger partial charge in [-0.05, 0) is 20.8 Å². The van der Waals surface area contributed by atoms with Crippen molar-refractivity contribution in [3.05, 3.63) is 6.33 Å². The van der Waals surface area contributed by atoms with Crippen molar-refractivity contribution in [2.45, 2.75) is 26.8 Å². The minimum Gasteiger partial charge on any atom is -0.476 e. The van der Waals surface area contributed by atoms with Crippen LogP contribution in [0.2, 0.25) is 0 Å². The van der Waals surface area contributed by atoms with Gasteiger partial charge in [-0.25, -0.2) is 4.98 Å². The van der Waals surface area contributed by atoms with E-state index in [0.29, 0.717) is 24.0 Å². The predicted molar refractivity (Wildman–Crippen MR) is 74.2 cm³/mol. The van der Waals surface area contributed by atoms with Crippen molar-refractivity contribution >= 4 is 17.4 Å². The Labute approximate surface area is 113 Å². The van der Waals surface area contributed by atoms with E-state index >= 15 is 0 Å². The monoisotopic (exact) mass is 267 g/mol. The molecule has 7 heteroatoms. The molecule has 0 aliphatic carbocycles. The third-order valence-corrected chi connectivity index (χ3v) is 2.30. The highest BCUT2D eigenvalue weighted by Gasteiger charge is 2.15. The maximum absolute atomic E-state index is 11.7. The van der Waals surface area contributed by atoms with Gasteiger partial charge in [0.1, 0.15) is 12.0 Å². The Hall–Kier alpha value is -2.05. The molecule has 0 saturated heterocycles. The number of amides is 1. The lowest BCUT2D eigenvalue weighted by Crippen LogP contribution is -2.39. The van der Waals surface area contributed by atoms with Gasteiger partial charge in [0.2, 0.25) is 11.8 Å². The first kappa shape index (κ1) is 15.0. The van der Waals surface area contributed by atoms with Gasteiger partial charge in [-0.1, -0.05) is 0 Å². The molecule has 1 amide bonds. The molecule has 0 aliphatic rings. The van der Waals surface area contributed by atoms with Crippen molar-refractivity contribution in [1.29, 1.82) is 0 Å². The van der Waals surface area contributed by atoms with Gasteiger partial charge < -0.3 is 20.7 Å². The summed E-state index contributed by atoms with van der Waals surface area (Å²) >= 11 is 0. The lowest BCUT2D eigenvalue weighted by molar-refractivity contribution is -0.120. The fourth-order valence-electron chi connectivity index (χ4n) is 1.58. The SMILES string of the molecule is CCOc1ncnc(N(C)CC(=O)NC(C)C)c1N. The number of ether oxygens (including phenoxy) is 1. The fourth-order valence-corrected chi connectivity index (χ4v) is 1.58. The molecule has 106 valence electrons. The normalized spacial score (nSPS) is 10.4. The molecule has 0 spiro atoms. The molecule has 19 heavy (non-hydrogen) atoms. The Morgan fingerprint density at radius 1 is 1.53 bits per heavy atom. The third kappa shape index (κ3) is 4.27. The average Bonchev–Trinajstić information content (AvgIpc) is 2.30.